The number of esters is 1. The molecule has 2 heterocycles. The van der Waals surface area contributed by atoms with Gasteiger partial charge in [0.15, 0.2) is 18.1 Å². The van der Waals surface area contributed by atoms with Crippen molar-refractivity contribution in [3.63, 3.8) is 0 Å². The molecule has 0 aromatic heterocycles. The molecule has 0 unspecified atom stereocenters. The lowest BCUT2D eigenvalue weighted by molar-refractivity contribution is -0.144. The van der Waals surface area contributed by atoms with E-state index in [-0.39, 0.29) is 37.4 Å². The molecule has 2 aliphatic heterocycles. The Labute approximate surface area is 214 Å². The molecular formula is C24H30N2O7S2. The summed E-state index contributed by atoms with van der Waals surface area (Å²) in [6, 6.07) is 5.26. The number of carbonyl (C=O) groups is 3. The maximum absolute atomic E-state index is 12.8. The summed E-state index contributed by atoms with van der Waals surface area (Å²) < 4.78 is 22.2. The molecule has 0 N–H and O–H groups in total. The van der Waals surface area contributed by atoms with Crippen LogP contribution >= 0.6 is 24.0 Å². The fraction of sp³-hybridized carbons (Fsp3) is 0.500. The van der Waals surface area contributed by atoms with Gasteiger partial charge in [0.1, 0.15) is 4.32 Å². The lowest BCUT2D eigenvalue weighted by Crippen LogP contribution is -2.43. The van der Waals surface area contributed by atoms with Crippen LogP contribution in [0.5, 0.6) is 11.5 Å². The van der Waals surface area contributed by atoms with E-state index >= 15 is 0 Å². The Morgan fingerprint density at radius 3 is 2.66 bits per heavy atom. The molecule has 190 valence electrons. The van der Waals surface area contributed by atoms with Crippen LogP contribution in [0.25, 0.3) is 6.08 Å². The first kappa shape index (κ1) is 27.0. The normalized spacial score (nSPS) is 17.1. The van der Waals surface area contributed by atoms with Gasteiger partial charge in [-0.2, -0.15) is 0 Å². The number of morpholine rings is 1. The van der Waals surface area contributed by atoms with Gasteiger partial charge in [-0.15, -0.1) is 0 Å². The number of amides is 2. The Bertz CT molecular complexity index is 977. The van der Waals surface area contributed by atoms with Crippen LogP contribution in [0.4, 0.5) is 0 Å². The van der Waals surface area contributed by atoms with Crippen LogP contribution < -0.4 is 9.47 Å². The molecule has 2 fully saturated rings. The van der Waals surface area contributed by atoms with Crippen molar-refractivity contribution in [3.05, 3.63) is 28.7 Å². The number of hydrogen-bond acceptors (Lipinski definition) is 9. The highest BCUT2D eigenvalue weighted by molar-refractivity contribution is 8.26. The fourth-order valence-electron chi connectivity index (χ4n) is 3.38. The van der Waals surface area contributed by atoms with E-state index in [9.17, 15) is 14.4 Å². The van der Waals surface area contributed by atoms with Gasteiger partial charge in [-0.1, -0.05) is 37.0 Å². The summed E-state index contributed by atoms with van der Waals surface area (Å²) in [4.78, 5) is 40.6. The maximum atomic E-state index is 12.8. The van der Waals surface area contributed by atoms with Crippen LogP contribution in [0.1, 0.15) is 32.3 Å². The van der Waals surface area contributed by atoms with Gasteiger partial charge in [0.2, 0.25) is 0 Å². The van der Waals surface area contributed by atoms with Crippen molar-refractivity contribution in [1.82, 2.24) is 9.80 Å². The summed E-state index contributed by atoms with van der Waals surface area (Å²) in [6.45, 7) is 6.78. The minimum absolute atomic E-state index is 0.0867. The van der Waals surface area contributed by atoms with Crippen molar-refractivity contribution in [2.24, 2.45) is 0 Å². The number of thiocarbonyl (C=S) groups is 1. The van der Waals surface area contributed by atoms with E-state index in [4.69, 9.17) is 31.2 Å². The lowest BCUT2D eigenvalue weighted by atomic mass is 10.2. The predicted molar refractivity (Wildman–Crippen MR) is 136 cm³/mol. The van der Waals surface area contributed by atoms with Crippen molar-refractivity contribution >= 4 is 52.2 Å². The van der Waals surface area contributed by atoms with Gasteiger partial charge >= 0.3 is 5.97 Å². The van der Waals surface area contributed by atoms with E-state index in [2.05, 4.69) is 0 Å². The standard InChI is InChI=1S/C24H30N2O7S2/c1-3-11-32-22(28)7-8-26-23(29)20(35-24(26)34)15-17-5-6-18(19(14-17)31-4-2)33-16-21(27)25-9-12-30-13-10-25/h5-6,14-15H,3-4,7-13,16H2,1-2H3/b20-15+. The number of benzene rings is 1. The summed E-state index contributed by atoms with van der Waals surface area (Å²) in [6.07, 6.45) is 2.55. The van der Waals surface area contributed by atoms with Crippen molar-refractivity contribution in [1.29, 1.82) is 0 Å². The van der Waals surface area contributed by atoms with Crippen molar-refractivity contribution in [3.8, 4) is 11.5 Å². The number of nitrogens with zero attached hydrogens (tertiary/aromatic N) is 2. The third kappa shape index (κ3) is 7.68. The maximum Gasteiger partial charge on any atom is 0.307 e. The molecule has 9 nitrogen and oxygen atoms in total. The Balaban J connectivity index is 1.64. The van der Waals surface area contributed by atoms with Crippen molar-refractivity contribution in [2.45, 2.75) is 26.7 Å². The Morgan fingerprint density at radius 2 is 1.94 bits per heavy atom. The second-order valence-electron chi connectivity index (χ2n) is 7.72. The van der Waals surface area contributed by atoms with Crippen LogP contribution in [0, 0.1) is 0 Å². The number of rotatable bonds is 11. The average Bonchev–Trinajstić information content (AvgIpc) is 3.13. The van der Waals surface area contributed by atoms with Crippen LogP contribution in [0.15, 0.2) is 23.1 Å². The SMILES string of the molecule is CCCOC(=O)CCN1C(=O)/C(=C\c2ccc(OCC(=O)N3CCOCC3)c(OCC)c2)SC1=S. The summed E-state index contributed by atoms with van der Waals surface area (Å²) in [7, 11) is 0. The molecule has 0 spiro atoms. The predicted octanol–water partition coefficient (Wildman–Crippen LogP) is 2.87. The number of thioether (sulfide) groups is 1. The Morgan fingerprint density at radius 1 is 1.17 bits per heavy atom. The minimum atomic E-state index is -0.353. The average molecular weight is 523 g/mol. The molecule has 1 aromatic rings. The number of carbonyl (C=O) groups excluding carboxylic acids is 3. The molecule has 1 aromatic carbocycles. The molecule has 35 heavy (non-hydrogen) atoms. The zero-order chi connectivity index (χ0) is 25.2. The second kappa shape index (κ2) is 13.5. The van der Waals surface area contributed by atoms with Gasteiger partial charge in [-0.25, -0.2) is 0 Å². The fourth-order valence-corrected chi connectivity index (χ4v) is 4.69. The van der Waals surface area contributed by atoms with Gasteiger partial charge in [-0.05, 0) is 37.1 Å². The molecule has 2 saturated heterocycles. The van der Waals surface area contributed by atoms with Gasteiger partial charge in [0.25, 0.3) is 11.8 Å². The molecule has 0 aliphatic carbocycles. The molecule has 3 rings (SSSR count). The monoisotopic (exact) mass is 522 g/mol. The molecule has 2 amide bonds. The topological polar surface area (TPSA) is 94.6 Å². The first-order valence-electron chi connectivity index (χ1n) is 11.6. The largest absolute Gasteiger partial charge is 0.490 e. The number of ether oxygens (including phenoxy) is 4. The van der Waals surface area contributed by atoms with Gasteiger partial charge in [0.05, 0.1) is 37.8 Å². The minimum Gasteiger partial charge on any atom is -0.490 e. The van der Waals surface area contributed by atoms with Crippen LogP contribution in [0.3, 0.4) is 0 Å². The number of hydrogen-bond donors (Lipinski definition) is 0. The Kier molecular flexibility index (Phi) is 10.4. The molecule has 0 radical (unpaired) electrons. The summed E-state index contributed by atoms with van der Waals surface area (Å²) in [5.74, 6) is 0.211. The summed E-state index contributed by atoms with van der Waals surface area (Å²) in [5.41, 5.74) is 0.725. The van der Waals surface area contributed by atoms with E-state index in [0.717, 1.165) is 12.0 Å². The second-order valence-corrected chi connectivity index (χ2v) is 9.40. The van der Waals surface area contributed by atoms with E-state index < -0.39 is 0 Å². The highest BCUT2D eigenvalue weighted by atomic mass is 32.2. The van der Waals surface area contributed by atoms with E-state index in [1.807, 2.05) is 13.8 Å². The van der Waals surface area contributed by atoms with Gasteiger partial charge < -0.3 is 23.8 Å². The Hall–Kier alpha value is -2.63. The first-order chi connectivity index (χ1) is 16.9. The molecule has 0 bridgehead atoms. The van der Waals surface area contributed by atoms with E-state index in [1.54, 1.807) is 29.2 Å². The molecule has 0 atom stereocenters. The summed E-state index contributed by atoms with van der Waals surface area (Å²) in [5, 5.41) is 0. The molecular weight excluding hydrogens is 492 g/mol. The highest BCUT2D eigenvalue weighted by Crippen LogP contribution is 2.35. The van der Waals surface area contributed by atoms with E-state index in [0.29, 0.717) is 60.2 Å². The van der Waals surface area contributed by atoms with Crippen molar-refractivity contribution < 1.29 is 33.3 Å². The highest BCUT2D eigenvalue weighted by Gasteiger charge is 2.32. The third-order valence-electron chi connectivity index (χ3n) is 5.16. The lowest BCUT2D eigenvalue weighted by Gasteiger charge is -2.26. The third-order valence-corrected chi connectivity index (χ3v) is 6.54. The van der Waals surface area contributed by atoms with Crippen LogP contribution in [-0.4, -0.2) is 84.6 Å². The van der Waals surface area contributed by atoms with Crippen LogP contribution in [0.2, 0.25) is 0 Å². The van der Waals surface area contributed by atoms with Gasteiger partial charge in [0, 0.05) is 19.6 Å². The quantitative estimate of drug-likeness (QED) is 0.247. The molecule has 0 saturated carbocycles. The molecule has 11 heteroatoms. The first-order valence-corrected chi connectivity index (χ1v) is 12.8. The zero-order valence-electron chi connectivity index (χ0n) is 19.9. The van der Waals surface area contributed by atoms with Crippen molar-refractivity contribution in [2.75, 3.05) is 52.7 Å². The smallest absolute Gasteiger partial charge is 0.307 e. The molecule has 2 aliphatic rings. The van der Waals surface area contributed by atoms with E-state index in [1.165, 1.54) is 16.7 Å². The van der Waals surface area contributed by atoms with Gasteiger partial charge in [-0.3, -0.25) is 19.3 Å². The van der Waals surface area contributed by atoms with Crippen LogP contribution in [-0.2, 0) is 23.9 Å². The zero-order valence-corrected chi connectivity index (χ0v) is 21.6. The summed E-state index contributed by atoms with van der Waals surface area (Å²) >= 11 is 6.52.